The first-order chi connectivity index (χ1) is 7.75. The van der Waals surface area contributed by atoms with E-state index in [0.717, 1.165) is 49.8 Å². The van der Waals surface area contributed by atoms with Crippen LogP contribution >= 0.6 is 0 Å². The maximum absolute atomic E-state index is 11.9. The number of aromatic nitrogens is 1. The summed E-state index contributed by atoms with van der Waals surface area (Å²) in [4.78, 5) is 15.0. The van der Waals surface area contributed by atoms with Crippen molar-refractivity contribution >= 4 is 0 Å². The highest BCUT2D eigenvalue weighted by atomic mass is 16.1. The van der Waals surface area contributed by atoms with Crippen LogP contribution in [0.25, 0.3) is 0 Å². The molecule has 3 rings (SSSR count). The second-order valence-electron chi connectivity index (χ2n) is 5.08. The van der Waals surface area contributed by atoms with Gasteiger partial charge in [-0.3, -0.25) is 4.79 Å². The van der Waals surface area contributed by atoms with E-state index >= 15 is 0 Å². The van der Waals surface area contributed by atoms with E-state index in [4.69, 9.17) is 5.73 Å². The minimum absolute atomic E-state index is 0.156. The Kier molecular flexibility index (Phi) is 2.36. The fourth-order valence-electron chi connectivity index (χ4n) is 3.11. The van der Waals surface area contributed by atoms with Crippen molar-refractivity contribution < 1.29 is 0 Å². The topological polar surface area (TPSA) is 58.9 Å². The van der Waals surface area contributed by atoms with Crippen molar-refractivity contribution in [1.29, 1.82) is 0 Å². The lowest BCUT2D eigenvalue weighted by molar-refractivity contribution is 0.551. The first-order valence-corrected chi connectivity index (χ1v) is 6.27. The predicted octanol–water partition coefficient (Wildman–Crippen LogP) is 1.07. The van der Waals surface area contributed by atoms with Crippen molar-refractivity contribution in [3.8, 4) is 0 Å². The highest BCUT2D eigenvalue weighted by molar-refractivity contribution is 5.40. The molecule has 1 heterocycles. The third-order valence-electron chi connectivity index (χ3n) is 3.97. The lowest BCUT2D eigenvalue weighted by Gasteiger charge is -2.27. The number of aromatic amines is 1. The van der Waals surface area contributed by atoms with Crippen molar-refractivity contribution in [2.24, 2.45) is 5.73 Å². The molecule has 2 aliphatic carbocycles. The summed E-state index contributed by atoms with van der Waals surface area (Å²) in [7, 11) is 0. The van der Waals surface area contributed by atoms with Gasteiger partial charge in [0.2, 0.25) is 0 Å². The molecule has 0 saturated heterocycles. The quantitative estimate of drug-likeness (QED) is 0.684. The third kappa shape index (κ3) is 1.50. The fourth-order valence-corrected chi connectivity index (χ4v) is 3.11. The SMILES string of the molecule is NC1CCc2[nH]c(=O)c3c(c2C1)CCCC3. The molecule has 0 fully saturated rings. The van der Waals surface area contributed by atoms with E-state index in [2.05, 4.69) is 4.98 Å². The first-order valence-electron chi connectivity index (χ1n) is 6.27. The standard InChI is InChI=1S/C13H18N2O/c14-8-5-6-12-11(7-8)9-3-1-2-4-10(9)13(16)15-12/h8H,1-7,14H2,(H,15,16). The molecule has 86 valence electrons. The lowest BCUT2D eigenvalue weighted by Crippen LogP contribution is -2.33. The van der Waals surface area contributed by atoms with Crippen LogP contribution in [0, 0.1) is 0 Å². The molecule has 16 heavy (non-hydrogen) atoms. The zero-order valence-electron chi connectivity index (χ0n) is 9.51. The van der Waals surface area contributed by atoms with E-state index in [9.17, 15) is 4.79 Å². The molecular weight excluding hydrogens is 200 g/mol. The molecule has 1 unspecified atom stereocenters. The van der Waals surface area contributed by atoms with Crippen molar-refractivity contribution in [2.45, 2.75) is 51.0 Å². The number of nitrogens with one attached hydrogen (secondary N) is 1. The molecule has 0 radical (unpaired) electrons. The minimum Gasteiger partial charge on any atom is -0.327 e. The largest absolute Gasteiger partial charge is 0.327 e. The number of pyridine rings is 1. The van der Waals surface area contributed by atoms with Gasteiger partial charge >= 0.3 is 0 Å². The first kappa shape index (κ1) is 10.1. The minimum atomic E-state index is 0.156. The molecule has 3 heteroatoms. The van der Waals surface area contributed by atoms with Gasteiger partial charge in [-0.1, -0.05) is 0 Å². The summed E-state index contributed by atoms with van der Waals surface area (Å²) in [5.41, 5.74) is 11.1. The summed E-state index contributed by atoms with van der Waals surface area (Å²) >= 11 is 0. The third-order valence-corrected chi connectivity index (χ3v) is 3.97. The molecule has 1 atom stereocenters. The molecule has 3 N–H and O–H groups in total. The Hall–Kier alpha value is -1.09. The Morgan fingerprint density at radius 3 is 2.62 bits per heavy atom. The number of H-pyrrole nitrogens is 1. The van der Waals surface area contributed by atoms with Crippen LogP contribution in [0.2, 0.25) is 0 Å². The van der Waals surface area contributed by atoms with Gasteiger partial charge < -0.3 is 10.7 Å². The molecule has 2 aliphatic rings. The second kappa shape index (κ2) is 3.74. The predicted molar refractivity (Wildman–Crippen MR) is 63.7 cm³/mol. The molecule has 0 aromatic carbocycles. The molecule has 0 saturated carbocycles. The molecule has 1 aromatic rings. The van der Waals surface area contributed by atoms with Crippen LogP contribution in [0.15, 0.2) is 4.79 Å². The maximum atomic E-state index is 11.9. The molecular formula is C13H18N2O. The Balaban J connectivity index is 2.18. The second-order valence-corrected chi connectivity index (χ2v) is 5.08. The Morgan fingerprint density at radius 1 is 1.06 bits per heavy atom. The van der Waals surface area contributed by atoms with Gasteiger partial charge in [-0.2, -0.15) is 0 Å². The van der Waals surface area contributed by atoms with Crippen LogP contribution in [0.1, 0.15) is 41.6 Å². The van der Waals surface area contributed by atoms with Gasteiger partial charge in [0.1, 0.15) is 0 Å². The smallest absolute Gasteiger partial charge is 0.251 e. The van der Waals surface area contributed by atoms with E-state index in [0.29, 0.717) is 0 Å². The van der Waals surface area contributed by atoms with Crippen molar-refractivity contribution in [3.05, 3.63) is 32.7 Å². The van der Waals surface area contributed by atoms with Crippen LogP contribution < -0.4 is 11.3 Å². The molecule has 1 aromatic heterocycles. The molecule has 0 bridgehead atoms. The van der Waals surface area contributed by atoms with E-state index in [-0.39, 0.29) is 11.6 Å². The average Bonchev–Trinajstić information content (AvgIpc) is 2.31. The van der Waals surface area contributed by atoms with Gasteiger partial charge in [0, 0.05) is 17.3 Å². The summed E-state index contributed by atoms with van der Waals surface area (Å²) in [6.45, 7) is 0. The van der Waals surface area contributed by atoms with Gasteiger partial charge in [-0.25, -0.2) is 0 Å². The molecule has 0 spiro atoms. The molecule has 0 amide bonds. The highest BCUT2D eigenvalue weighted by Crippen LogP contribution is 2.27. The number of hydrogen-bond donors (Lipinski definition) is 2. The average molecular weight is 218 g/mol. The zero-order chi connectivity index (χ0) is 11.1. The van der Waals surface area contributed by atoms with Gasteiger partial charge in [0.15, 0.2) is 0 Å². The van der Waals surface area contributed by atoms with Crippen molar-refractivity contribution in [1.82, 2.24) is 4.98 Å². The fraction of sp³-hybridized carbons (Fsp3) is 0.615. The summed E-state index contributed by atoms with van der Waals surface area (Å²) < 4.78 is 0. The maximum Gasteiger partial charge on any atom is 0.251 e. The summed E-state index contributed by atoms with van der Waals surface area (Å²) in [5, 5.41) is 0. The van der Waals surface area contributed by atoms with Gasteiger partial charge in [-0.15, -0.1) is 0 Å². The number of rotatable bonds is 0. The van der Waals surface area contributed by atoms with Crippen LogP contribution in [-0.4, -0.2) is 11.0 Å². The highest BCUT2D eigenvalue weighted by Gasteiger charge is 2.24. The monoisotopic (exact) mass is 218 g/mol. The van der Waals surface area contributed by atoms with Crippen LogP contribution in [-0.2, 0) is 25.7 Å². The van der Waals surface area contributed by atoms with Crippen LogP contribution in [0.3, 0.4) is 0 Å². The van der Waals surface area contributed by atoms with E-state index in [1.165, 1.54) is 17.5 Å². The van der Waals surface area contributed by atoms with Gasteiger partial charge in [0.05, 0.1) is 0 Å². The Bertz CT molecular complexity index is 476. The summed E-state index contributed by atoms with van der Waals surface area (Å²) in [5.74, 6) is 0. The van der Waals surface area contributed by atoms with Crippen molar-refractivity contribution in [2.75, 3.05) is 0 Å². The van der Waals surface area contributed by atoms with Gasteiger partial charge in [-0.05, 0) is 56.1 Å². The number of nitrogens with two attached hydrogens (primary N) is 1. The number of aryl methyl sites for hydroxylation is 1. The van der Waals surface area contributed by atoms with Crippen LogP contribution in [0.5, 0.6) is 0 Å². The summed E-state index contributed by atoms with van der Waals surface area (Å²) in [6.07, 6.45) is 7.30. The van der Waals surface area contributed by atoms with Crippen LogP contribution in [0.4, 0.5) is 0 Å². The number of hydrogen-bond acceptors (Lipinski definition) is 2. The summed E-state index contributed by atoms with van der Waals surface area (Å²) in [6, 6.07) is 0.282. The number of fused-ring (bicyclic) bond motifs is 3. The van der Waals surface area contributed by atoms with E-state index in [1.807, 2.05) is 0 Å². The molecule has 3 nitrogen and oxygen atoms in total. The zero-order valence-corrected chi connectivity index (χ0v) is 9.51. The lowest BCUT2D eigenvalue weighted by atomic mass is 9.82. The van der Waals surface area contributed by atoms with E-state index in [1.54, 1.807) is 0 Å². The van der Waals surface area contributed by atoms with Crippen molar-refractivity contribution in [3.63, 3.8) is 0 Å². The van der Waals surface area contributed by atoms with E-state index < -0.39 is 0 Å². The normalized spacial score (nSPS) is 23.7. The van der Waals surface area contributed by atoms with Gasteiger partial charge in [0.25, 0.3) is 5.56 Å². The Morgan fingerprint density at radius 2 is 1.81 bits per heavy atom. The molecule has 0 aliphatic heterocycles. The Labute approximate surface area is 95.1 Å².